The van der Waals surface area contributed by atoms with E-state index in [0.29, 0.717) is 0 Å². The van der Waals surface area contributed by atoms with E-state index in [1.54, 1.807) is 0 Å². The van der Waals surface area contributed by atoms with Crippen LogP contribution in [0.1, 0.15) is 6.92 Å². The summed E-state index contributed by atoms with van der Waals surface area (Å²) in [6, 6.07) is 6.28. The van der Waals surface area contributed by atoms with Gasteiger partial charge in [-0.2, -0.15) is 0 Å². The molecule has 0 amide bonds. The monoisotopic (exact) mass is 120 g/mol. The SMILES string of the molecule is CCOc1cc2cc-2c1. The molecule has 0 aromatic heterocycles. The van der Waals surface area contributed by atoms with Gasteiger partial charge in [0.05, 0.1) is 6.61 Å². The van der Waals surface area contributed by atoms with E-state index in [1.807, 2.05) is 6.92 Å². The molecular weight excluding hydrogens is 112 g/mol. The van der Waals surface area contributed by atoms with Crippen molar-refractivity contribution < 1.29 is 4.74 Å². The van der Waals surface area contributed by atoms with Crippen LogP contribution in [0.2, 0.25) is 0 Å². The summed E-state index contributed by atoms with van der Waals surface area (Å²) in [5.41, 5.74) is 2.69. The summed E-state index contributed by atoms with van der Waals surface area (Å²) >= 11 is 0. The summed E-state index contributed by atoms with van der Waals surface area (Å²) < 4.78 is 5.25. The molecule has 1 heteroatoms. The summed E-state index contributed by atoms with van der Waals surface area (Å²) in [5, 5.41) is 0. The maximum atomic E-state index is 5.25. The van der Waals surface area contributed by atoms with E-state index in [0.717, 1.165) is 12.4 Å². The lowest BCUT2D eigenvalue weighted by Gasteiger charge is -1.95. The fourth-order valence-corrected chi connectivity index (χ4v) is 0.980. The molecule has 0 aromatic carbocycles. The first-order valence-corrected chi connectivity index (χ1v) is 3.18. The predicted octanol–water partition coefficient (Wildman–Crippen LogP) is 2.07. The second-order valence-electron chi connectivity index (χ2n) is 2.18. The van der Waals surface area contributed by atoms with Crippen LogP contribution in [-0.4, -0.2) is 6.61 Å². The maximum Gasteiger partial charge on any atom is 0.120 e. The lowest BCUT2D eigenvalue weighted by atomic mass is 10.5. The van der Waals surface area contributed by atoms with Crippen LogP contribution in [0, 0.1) is 0 Å². The van der Waals surface area contributed by atoms with Crippen LogP contribution < -0.4 is 4.74 Å². The van der Waals surface area contributed by atoms with Crippen LogP contribution in [0.15, 0.2) is 18.2 Å². The molecule has 0 heterocycles. The average molecular weight is 120 g/mol. The molecule has 9 heavy (non-hydrogen) atoms. The van der Waals surface area contributed by atoms with E-state index < -0.39 is 0 Å². The Labute approximate surface area is 54.3 Å². The third-order valence-electron chi connectivity index (χ3n) is 1.47. The number of hydrogen-bond acceptors (Lipinski definition) is 1. The second-order valence-corrected chi connectivity index (χ2v) is 2.18. The first-order chi connectivity index (χ1) is 4.40. The molecule has 0 N–H and O–H groups in total. The van der Waals surface area contributed by atoms with Gasteiger partial charge >= 0.3 is 0 Å². The van der Waals surface area contributed by atoms with E-state index in [4.69, 9.17) is 4.74 Å². The van der Waals surface area contributed by atoms with Gasteiger partial charge in [-0.05, 0) is 36.2 Å². The molecule has 0 fully saturated rings. The highest BCUT2D eigenvalue weighted by Crippen LogP contribution is 2.39. The normalized spacial score (nSPS) is 11.2. The van der Waals surface area contributed by atoms with E-state index >= 15 is 0 Å². The minimum Gasteiger partial charge on any atom is -0.494 e. The number of fused-ring (bicyclic) bond motifs is 1. The zero-order valence-corrected chi connectivity index (χ0v) is 5.35. The maximum absolute atomic E-state index is 5.25. The van der Waals surface area contributed by atoms with Crippen molar-refractivity contribution in [2.75, 3.05) is 6.61 Å². The van der Waals surface area contributed by atoms with Gasteiger partial charge in [0, 0.05) is 0 Å². The summed E-state index contributed by atoms with van der Waals surface area (Å²) in [4.78, 5) is 0. The summed E-state index contributed by atoms with van der Waals surface area (Å²) in [7, 11) is 0. The largest absolute Gasteiger partial charge is 0.494 e. The van der Waals surface area contributed by atoms with Gasteiger partial charge in [0.25, 0.3) is 0 Å². The molecule has 2 rings (SSSR count). The second kappa shape index (κ2) is 1.50. The standard InChI is InChI=1S/C8H8O/c1-2-9-8-4-6-3-7(6)5-8/h3-5H,2H2,1H3. The topological polar surface area (TPSA) is 9.23 Å². The van der Waals surface area contributed by atoms with Crippen molar-refractivity contribution in [2.45, 2.75) is 6.92 Å². The Kier molecular flexibility index (Phi) is 0.810. The highest BCUT2D eigenvalue weighted by atomic mass is 16.5. The molecule has 1 nitrogen and oxygen atoms in total. The summed E-state index contributed by atoms with van der Waals surface area (Å²) in [6.45, 7) is 2.76. The molecule has 0 radical (unpaired) electrons. The van der Waals surface area contributed by atoms with Crippen molar-refractivity contribution in [3.05, 3.63) is 18.2 Å². The average Bonchev–Trinajstić information content (AvgIpc) is 2.42. The third-order valence-corrected chi connectivity index (χ3v) is 1.47. The zero-order chi connectivity index (χ0) is 6.27. The van der Waals surface area contributed by atoms with Crippen LogP contribution in [0.3, 0.4) is 0 Å². The van der Waals surface area contributed by atoms with Gasteiger partial charge in [-0.15, -0.1) is 0 Å². The molecular formula is C8H8O. The van der Waals surface area contributed by atoms with Crippen LogP contribution >= 0.6 is 0 Å². The van der Waals surface area contributed by atoms with E-state index in [1.165, 1.54) is 11.1 Å². The Morgan fingerprint density at radius 3 is 2.44 bits per heavy atom. The van der Waals surface area contributed by atoms with Crippen LogP contribution in [0.25, 0.3) is 11.1 Å². The van der Waals surface area contributed by atoms with Crippen LogP contribution in [0.5, 0.6) is 5.75 Å². The highest BCUT2D eigenvalue weighted by Gasteiger charge is 2.13. The molecule has 0 saturated carbocycles. The molecule has 0 bridgehead atoms. The van der Waals surface area contributed by atoms with Crippen molar-refractivity contribution in [3.8, 4) is 16.9 Å². The van der Waals surface area contributed by atoms with E-state index in [9.17, 15) is 0 Å². The molecule has 0 saturated heterocycles. The Morgan fingerprint density at radius 2 is 1.89 bits per heavy atom. The van der Waals surface area contributed by atoms with Crippen molar-refractivity contribution in [2.24, 2.45) is 0 Å². The van der Waals surface area contributed by atoms with Gasteiger partial charge in [-0.25, -0.2) is 0 Å². The van der Waals surface area contributed by atoms with Crippen molar-refractivity contribution in [1.82, 2.24) is 0 Å². The molecule has 46 valence electrons. The third kappa shape index (κ3) is 0.689. The van der Waals surface area contributed by atoms with E-state index in [-0.39, 0.29) is 0 Å². The summed E-state index contributed by atoms with van der Waals surface area (Å²) in [5.74, 6) is 1.02. The number of hydrogen-bond donors (Lipinski definition) is 0. The van der Waals surface area contributed by atoms with Crippen LogP contribution in [0.4, 0.5) is 0 Å². The Hall–Kier alpha value is -0.980. The van der Waals surface area contributed by atoms with Crippen molar-refractivity contribution in [3.63, 3.8) is 0 Å². The van der Waals surface area contributed by atoms with Gasteiger partial charge in [0.2, 0.25) is 0 Å². The predicted molar refractivity (Wildman–Crippen MR) is 36.6 cm³/mol. The van der Waals surface area contributed by atoms with E-state index in [2.05, 4.69) is 18.2 Å². The fraction of sp³-hybridized carbons (Fsp3) is 0.250. The molecule has 2 aliphatic carbocycles. The smallest absolute Gasteiger partial charge is 0.120 e. The number of ether oxygens (including phenoxy) is 1. The van der Waals surface area contributed by atoms with Crippen molar-refractivity contribution in [1.29, 1.82) is 0 Å². The minimum atomic E-state index is 0.767. The lowest BCUT2D eigenvalue weighted by Crippen LogP contribution is -1.87. The van der Waals surface area contributed by atoms with Gasteiger partial charge in [0.15, 0.2) is 0 Å². The Bertz CT molecular complexity index is 220. The first-order valence-electron chi connectivity index (χ1n) is 3.18. The highest BCUT2D eigenvalue weighted by molar-refractivity contribution is 5.83. The molecule has 0 unspecified atom stereocenters. The molecule has 2 aliphatic rings. The molecule has 0 aromatic rings. The number of rotatable bonds is 2. The summed E-state index contributed by atoms with van der Waals surface area (Å²) in [6.07, 6.45) is 0. The Morgan fingerprint density at radius 1 is 1.22 bits per heavy atom. The van der Waals surface area contributed by atoms with Crippen molar-refractivity contribution >= 4 is 0 Å². The zero-order valence-electron chi connectivity index (χ0n) is 5.35. The minimum absolute atomic E-state index is 0.767. The lowest BCUT2D eigenvalue weighted by molar-refractivity contribution is 0.341. The van der Waals surface area contributed by atoms with Gasteiger partial charge in [-0.1, -0.05) is 0 Å². The van der Waals surface area contributed by atoms with Gasteiger partial charge in [-0.3, -0.25) is 0 Å². The first kappa shape index (κ1) is 4.86. The molecule has 0 spiro atoms. The quantitative estimate of drug-likeness (QED) is 0.589. The number of benzene rings is 1. The van der Waals surface area contributed by atoms with Gasteiger partial charge in [0.1, 0.15) is 5.75 Å². The molecule has 0 atom stereocenters. The van der Waals surface area contributed by atoms with Crippen LogP contribution in [-0.2, 0) is 0 Å². The van der Waals surface area contributed by atoms with Gasteiger partial charge < -0.3 is 4.74 Å². The molecule has 0 aliphatic heterocycles. The Balaban J connectivity index is 2.18. The fourth-order valence-electron chi connectivity index (χ4n) is 0.980.